The lowest BCUT2D eigenvalue weighted by Gasteiger charge is -2.11. The molecule has 0 aliphatic carbocycles. The number of aliphatic imine (C=N–C) groups is 1. The van der Waals surface area contributed by atoms with Crippen LogP contribution in [0.2, 0.25) is 0 Å². The van der Waals surface area contributed by atoms with Gasteiger partial charge in [-0.2, -0.15) is 0 Å². The third-order valence-corrected chi connectivity index (χ3v) is 3.03. The zero-order valence-corrected chi connectivity index (χ0v) is 12.1. The summed E-state index contributed by atoms with van der Waals surface area (Å²) in [5.74, 6) is -0.284. The third-order valence-electron chi connectivity index (χ3n) is 3.03. The number of benzene rings is 2. The van der Waals surface area contributed by atoms with Crippen LogP contribution >= 0.6 is 0 Å². The Bertz CT molecular complexity index is 579. The van der Waals surface area contributed by atoms with Gasteiger partial charge in [-0.1, -0.05) is 60.7 Å². The van der Waals surface area contributed by atoms with Crippen LogP contribution in [0.4, 0.5) is 0 Å². The lowest BCUT2D eigenvalue weighted by Crippen LogP contribution is -2.24. The second kappa shape index (κ2) is 8.00. The fourth-order valence-corrected chi connectivity index (χ4v) is 1.99. The first kappa shape index (κ1) is 15.0. The van der Waals surface area contributed by atoms with Gasteiger partial charge in [-0.15, -0.1) is 0 Å². The molecule has 0 bridgehead atoms. The predicted octanol–water partition coefficient (Wildman–Crippen LogP) is 3.28. The molecular formula is C18H19NO2. The van der Waals surface area contributed by atoms with E-state index < -0.39 is 6.04 Å². The standard InChI is InChI=1S/C18H19NO2/c1-2-21-18(20)17(13-15-9-5-3-6-10-15)19-14-16-11-7-4-8-12-16/h3-12,14,17H,2,13H2,1H3/b19-14+/t17-/m1/s1. The Kier molecular flexibility index (Phi) is 5.71. The van der Waals surface area contributed by atoms with Crippen LogP contribution in [0.15, 0.2) is 65.7 Å². The highest BCUT2D eigenvalue weighted by atomic mass is 16.5. The first-order valence-corrected chi connectivity index (χ1v) is 7.08. The van der Waals surface area contributed by atoms with E-state index in [1.165, 1.54) is 0 Å². The van der Waals surface area contributed by atoms with Gasteiger partial charge in [0.05, 0.1) is 6.61 Å². The lowest BCUT2D eigenvalue weighted by molar-refractivity contribution is -0.144. The summed E-state index contributed by atoms with van der Waals surface area (Å²) in [4.78, 5) is 16.4. The third kappa shape index (κ3) is 4.88. The van der Waals surface area contributed by atoms with E-state index in [0.717, 1.165) is 11.1 Å². The fraction of sp³-hybridized carbons (Fsp3) is 0.222. The summed E-state index contributed by atoms with van der Waals surface area (Å²) in [7, 11) is 0. The smallest absolute Gasteiger partial charge is 0.331 e. The molecule has 0 unspecified atom stereocenters. The van der Waals surface area contributed by atoms with Crippen molar-refractivity contribution in [1.29, 1.82) is 0 Å². The number of hydrogen-bond donors (Lipinski definition) is 0. The van der Waals surface area contributed by atoms with E-state index in [-0.39, 0.29) is 5.97 Å². The highest BCUT2D eigenvalue weighted by Gasteiger charge is 2.18. The van der Waals surface area contributed by atoms with E-state index in [4.69, 9.17) is 4.74 Å². The number of nitrogens with zero attached hydrogens (tertiary/aromatic N) is 1. The lowest BCUT2D eigenvalue weighted by atomic mass is 10.1. The molecule has 0 saturated heterocycles. The summed E-state index contributed by atoms with van der Waals surface area (Å²) in [5, 5.41) is 0. The van der Waals surface area contributed by atoms with Crippen molar-refractivity contribution in [2.24, 2.45) is 4.99 Å². The molecule has 2 rings (SSSR count). The molecule has 0 radical (unpaired) electrons. The Balaban J connectivity index is 2.12. The largest absolute Gasteiger partial charge is 0.464 e. The normalized spacial score (nSPS) is 12.2. The Morgan fingerprint density at radius 3 is 2.33 bits per heavy atom. The molecule has 0 fully saturated rings. The maximum Gasteiger partial charge on any atom is 0.331 e. The van der Waals surface area contributed by atoms with E-state index in [9.17, 15) is 4.79 Å². The van der Waals surface area contributed by atoms with E-state index in [0.29, 0.717) is 13.0 Å². The van der Waals surface area contributed by atoms with Crippen molar-refractivity contribution in [1.82, 2.24) is 0 Å². The van der Waals surface area contributed by atoms with Gasteiger partial charge in [0.25, 0.3) is 0 Å². The molecule has 0 saturated carbocycles. The van der Waals surface area contributed by atoms with Crippen molar-refractivity contribution in [2.45, 2.75) is 19.4 Å². The number of ether oxygens (including phenoxy) is 1. The maximum atomic E-state index is 12.0. The van der Waals surface area contributed by atoms with Crippen molar-refractivity contribution >= 4 is 12.2 Å². The van der Waals surface area contributed by atoms with Gasteiger partial charge >= 0.3 is 5.97 Å². The molecule has 0 spiro atoms. The summed E-state index contributed by atoms with van der Waals surface area (Å²) >= 11 is 0. The molecule has 0 N–H and O–H groups in total. The summed E-state index contributed by atoms with van der Waals surface area (Å²) in [6.45, 7) is 2.17. The van der Waals surface area contributed by atoms with E-state index in [2.05, 4.69) is 4.99 Å². The molecule has 0 aliphatic rings. The van der Waals surface area contributed by atoms with Crippen LogP contribution < -0.4 is 0 Å². The van der Waals surface area contributed by atoms with E-state index in [1.807, 2.05) is 60.7 Å². The van der Waals surface area contributed by atoms with Crippen molar-refractivity contribution in [3.8, 4) is 0 Å². The molecule has 0 aliphatic heterocycles. The van der Waals surface area contributed by atoms with Crippen LogP contribution in [0, 0.1) is 0 Å². The average Bonchev–Trinajstić information content (AvgIpc) is 2.53. The average molecular weight is 281 g/mol. The van der Waals surface area contributed by atoms with Gasteiger partial charge in [-0.25, -0.2) is 4.79 Å². The van der Waals surface area contributed by atoms with Gasteiger partial charge in [0.2, 0.25) is 0 Å². The molecule has 3 heteroatoms. The van der Waals surface area contributed by atoms with Gasteiger partial charge in [0.1, 0.15) is 0 Å². The van der Waals surface area contributed by atoms with Crippen molar-refractivity contribution in [3.63, 3.8) is 0 Å². The minimum atomic E-state index is -0.507. The number of hydrogen-bond acceptors (Lipinski definition) is 3. The van der Waals surface area contributed by atoms with Crippen LogP contribution in [0.5, 0.6) is 0 Å². The minimum Gasteiger partial charge on any atom is -0.464 e. The highest BCUT2D eigenvalue weighted by Crippen LogP contribution is 2.08. The summed E-state index contributed by atoms with van der Waals surface area (Å²) in [6, 6.07) is 19.1. The van der Waals surface area contributed by atoms with Crippen LogP contribution in [-0.4, -0.2) is 24.8 Å². The Morgan fingerprint density at radius 2 is 1.71 bits per heavy atom. The second-order valence-corrected chi connectivity index (χ2v) is 4.65. The molecule has 2 aromatic rings. The highest BCUT2D eigenvalue weighted by molar-refractivity contribution is 5.84. The number of rotatable bonds is 6. The van der Waals surface area contributed by atoms with Crippen LogP contribution in [-0.2, 0) is 16.0 Å². The van der Waals surface area contributed by atoms with Crippen molar-refractivity contribution in [2.75, 3.05) is 6.61 Å². The molecule has 1 atom stereocenters. The van der Waals surface area contributed by atoms with Gasteiger partial charge in [0.15, 0.2) is 6.04 Å². The number of carbonyl (C=O) groups excluding carboxylic acids is 1. The van der Waals surface area contributed by atoms with Crippen LogP contribution in [0.1, 0.15) is 18.1 Å². The topological polar surface area (TPSA) is 38.7 Å². The molecule has 21 heavy (non-hydrogen) atoms. The van der Waals surface area contributed by atoms with Gasteiger partial charge < -0.3 is 4.74 Å². The number of esters is 1. The first-order valence-electron chi connectivity index (χ1n) is 7.08. The molecular weight excluding hydrogens is 262 g/mol. The summed E-state index contributed by atoms with van der Waals surface area (Å²) < 4.78 is 5.11. The summed E-state index contributed by atoms with van der Waals surface area (Å²) in [5.41, 5.74) is 2.04. The van der Waals surface area contributed by atoms with Gasteiger partial charge in [-0.05, 0) is 18.1 Å². The zero-order chi connectivity index (χ0) is 14.9. The van der Waals surface area contributed by atoms with Crippen LogP contribution in [0.25, 0.3) is 0 Å². The number of carbonyl (C=O) groups is 1. The molecule has 2 aromatic carbocycles. The maximum absolute atomic E-state index is 12.0. The molecule has 3 nitrogen and oxygen atoms in total. The molecule has 0 amide bonds. The fourth-order valence-electron chi connectivity index (χ4n) is 1.99. The summed E-state index contributed by atoms with van der Waals surface area (Å²) in [6.07, 6.45) is 2.27. The Labute approximate surface area is 125 Å². The molecule has 0 aromatic heterocycles. The minimum absolute atomic E-state index is 0.284. The Morgan fingerprint density at radius 1 is 1.10 bits per heavy atom. The Hall–Kier alpha value is -2.42. The van der Waals surface area contributed by atoms with Gasteiger partial charge in [0, 0.05) is 12.6 Å². The predicted molar refractivity (Wildman–Crippen MR) is 84.6 cm³/mol. The molecule has 0 heterocycles. The van der Waals surface area contributed by atoms with E-state index in [1.54, 1.807) is 13.1 Å². The second-order valence-electron chi connectivity index (χ2n) is 4.65. The van der Waals surface area contributed by atoms with Gasteiger partial charge in [-0.3, -0.25) is 4.99 Å². The van der Waals surface area contributed by atoms with Crippen LogP contribution in [0.3, 0.4) is 0 Å². The first-order chi connectivity index (χ1) is 10.3. The van der Waals surface area contributed by atoms with Crippen molar-refractivity contribution < 1.29 is 9.53 Å². The SMILES string of the molecule is CCOC(=O)[C@@H](Cc1ccccc1)/N=C/c1ccccc1. The van der Waals surface area contributed by atoms with Crippen molar-refractivity contribution in [3.05, 3.63) is 71.8 Å². The molecule has 108 valence electrons. The quantitative estimate of drug-likeness (QED) is 0.602. The zero-order valence-electron chi connectivity index (χ0n) is 12.1. The van der Waals surface area contributed by atoms with E-state index >= 15 is 0 Å². The monoisotopic (exact) mass is 281 g/mol.